The highest BCUT2D eigenvalue weighted by atomic mass is 16.5. The summed E-state index contributed by atoms with van der Waals surface area (Å²) in [6, 6.07) is 5.34. The third-order valence-electron chi connectivity index (χ3n) is 2.81. The Morgan fingerprint density at radius 3 is 2.58 bits per heavy atom. The Bertz CT molecular complexity index is 639. The van der Waals surface area contributed by atoms with Crippen molar-refractivity contribution in [3.63, 3.8) is 0 Å². The van der Waals surface area contributed by atoms with Crippen molar-refractivity contribution in [1.29, 1.82) is 0 Å². The van der Waals surface area contributed by atoms with E-state index in [0.29, 0.717) is 11.4 Å². The van der Waals surface area contributed by atoms with Crippen LogP contribution in [0.3, 0.4) is 0 Å². The molecule has 0 aliphatic rings. The van der Waals surface area contributed by atoms with E-state index in [2.05, 4.69) is 9.97 Å². The summed E-state index contributed by atoms with van der Waals surface area (Å²) in [5.41, 5.74) is 3.35. The molecular weight excluding hydrogens is 244 g/mol. The van der Waals surface area contributed by atoms with Crippen molar-refractivity contribution in [2.24, 2.45) is 0 Å². The molecule has 5 heteroatoms. The molecule has 0 atom stereocenters. The first kappa shape index (κ1) is 13.0. The monoisotopic (exact) mass is 258 g/mol. The number of hydrogen-bond donors (Lipinski definition) is 1. The van der Waals surface area contributed by atoms with Crippen molar-refractivity contribution in [2.75, 3.05) is 7.11 Å². The van der Waals surface area contributed by atoms with Crippen LogP contribution in [0.4, 0.5) is 0 Å². The highest BCUT2D eigenvalue weighted by Gasteiger charge is 2.14. The van der Waals surface area contributed by atoms with E-state index >= 15 is 0 Å². The van der Waals surface area contributed by atoms with Crippen molar-refractivity contribution in [3.05, 3.63) is 41.3 Å². The Balaban J connectivity index is 2.64. The average molecular weight is 258 g/mol. The standard InChI is InChI=1S/C14H14N2O3/c1-8-4-9(2)13(12(5-8)19-3)10-6-11(14(17)18)16-7-15-10/h4-7H,1-3H3,(H,17,18). The first-order valence-electron chi connectivity index (χ1n) is 5.74. The van der Waals surface area contributed by atoms with E-state index in [0.717, 1.165) is 16.7 Å². The van der Waals surface area contributed by atoms with E-state index < -0.39 is 5.97 Å². The van der Waals surface area contributed by atoms with Crippen LogP contribution in [0.25, 0.3) is 11.3 Å². The molecule has 19 heavy (non-hydrogen) atoms. The molecule has 1 heterocycles. The third-order valence-corrected chi connectivity index (χ3v) is 2.81. The Morgan fingerprint density at radius 2 is 1.95 bits per heavy atom. The van der Waals surface area contributed by atoms with E-state index in [1.54, 1.807) is 7.11 Å². The lowest BCUT2D eigenvalue weighted by Crippen LogP contribution is -2.02. The van der Waals surface area contributed by atoms with Gasteiger partial charge in [-0.25, -0.2) is 14.8 Å². The minimum absolute atomic E-state index is 0.0352. The lowest BCUT2D eigenvalue weighted by Gasteiger charge is -2.12. The van der Waals surface area contributed by atoms with Gasteiger partial charge in [0.15, 0.2) is 5.69 Å². The molecule has 0 bridgehead atoms. The molecule has 0 fully saturated rings. The van der Waals surface area contributed by atoms with E-state index in [9.17, 15) is 4.79 Å². The van der Waals surface area contributed by atoms with Crippen LogP contribution < -0.4 is 4.74 Å². The number of benzene rings is 1. The van der Waals surface area contributed by atoms with Gasteiger partial charge in [0.25, 0.3) is 0 Å². The SMILES string of the molecule is COc1cc(C)cc(C)c1-c1cc(C(=O)O)ncn1. The van der Waals surface area contributed by atoms with Crippen LogP contribution in [0.15, 0.2) is 24.5 Å². The van der Waals surface area contributed by atoms with Crippen molar-refractivity contribution in [2.45, 2.75) is 13.8 Å². The lowest BCUT2D eigenvalue weighted by atomic mass is 10.0. The number of carboxylic acid groups (broad SMARTS) is 1. The molecule has 0 unspecified atom stereocenters. The van der Waals surface area contributed by atoms with Crippen LogP contribution in [0, 0.1) is 13.8 Å². The maximum Gasteiger partial charge on any atom is 0.354 e. The number of rotatable bonds is 3. The predicted octanol–water partition coefficient (Wildman–Crippen LogP) is 2.47. The molecule has 1 aromatic carbocycles. The van der Waals surface area contributed by atoms with Crippen LogP contribution in [-0.4, -0.2) is 28.2 Å². The van der Waals surface area contributed by atoms with Gasteiger partial charge >= 0.3 is 5.97 Å². The van der Waals surface area contributed by atoms with E-state index in [4.69, 9.17) is 9.84 Å². The molecule has 98 valence electrons. The average Bonchev–Trinajstić information content (AvgIpc) is 2.37. The third kappa shape index (κ3) is 2.54. The summed E-state index contributed by atoms with van der Waals surface area (Å²) in [5.74, 6) is -0.403. The van der Waals surface area contributed by atoms with Gasteiger partial charge in [0.1, 0.15) is 12.1 Å². The maximum atomic E-state index is 11.0. The van der Waals surface area contributed by atoms with Gasteiger partial charge in [0.2, 0.25) is 0 Å². The zero-order chi connectivity index (χ0) is 14.0. The number of carboxylic acids is 1. The molecule has 2 rings (SSSR count). The summed E-state index contributed by atoms with van der Waals surface area (Å²) in [7, 11) is 1.58. The van der Waals surface area contributed by atoms with Crippen molar-refractivity contribution >= 4 is 5.97 Å². The van der Waals surface area contributed by atoms with Gasteiger partial charge in [-0.3, -0.25) is 0 Å². The fourth-order valence-electron chi connectivity index (χ4n) is 2.03. The van der Waals surface area contributed by atoms with Crippen LogP contribution in [0.1, 0.15) is 21.6 Å². The highest BCUT2D eigenvalue weighted by Crippen LogP contribution is 2.33. The number of nitrogens with zero attached hydrogens (tertiary/aromatic N) is 2. The molecule has 0 saturated heterocycles. The maximum absolute atomic E-state index is 11.0. The van der Waals surface area contributed by atoms with Crippen molar-refractivity contribution in [1.82, 2.24) is 9.97 Å². The number of ether oxygens (including phenoxy) is 1. The van der Waals surface area contributed by atoms with Gasteiger partial charge in [-0.05, 0) is 37.1 Å². The minimum atomic E-state index is -1.08. The number of aromatic carboxylic acids is 1. The Kier molecular flexibility index (Phi) is 3.46. The topological polar surface area (TPSA) is 72.3 Å². The van der Waals surface area contributed by atoms with Crippen molar-refractivity contribution in [3.8, 4) is 17.0 Å². The second kappa shape index (κ2) is 5.06. The fraction of sp³-hybridized carbons (Fsp3) is 0.214. The molecule has 0 radical (unpaired) electrons. The Morgan fingerprint density at radius 1 is 1.21 bits per heavy atom. The van der Waals surface area contributed by atoms with Crippen LogP contribution in [0.2, 0.25) is 0 Å². The molecule has 1 N–H and O–H groups in total. The predicted molar refractivity (Wildman–Crippen MR) is 70.5 cm³/mol. The van der Waals surface area contributed by atoms with Gasteiger partial charge in [0, 0.05) is 5.56 Å². The zero-order valence-corrected chi connectivity index (χ0v) is 11.0. The van der Waals surface area contributed by atoms with Crippen LogP contribution in [-0.2, 0) is 0 Å². The van der Waals surface area contributed by atoms with E-state index in [1.807, 2.05) is 26.0 Å². The van der Waals surface area contributed by atoms with E-state index in [1.165, 1.54) is 12.4 Å². The molecule has 0 aliphatic heterocycles. The number of methoxy groups -OCH3 is 1. The largest absolute Gasteiger partial charge is 0.496 e. The van der Waals surface area contributed by atoms with Gasteiger partial charge in [-0.2, -0.15) is 0 Å². The smallest absolute Gasteiger partial charge is 0.354 e. The molecule has 2 aromatic rings. The highest BCUT2D eigenvalue weighted by molar-refractivity contribution is 5.87. The summed E-state index contributed by atoms with van der Waals surface area (Å²) < 4.78 is 5.35. The van der Waals surface area contributed by atoms with Crippen LogP contribution >= 0.6 is 0 Å². The van der Waals surface area contributed by atoms with Gasteiger partial charge in [0.05, 0.1) is 12.8 Å². The normalized spacial score (nSPS) is 10.3. The Labute approximate surface area is 110 Å². The number of carbonyl (C=O) groups is 1. The van der Waals surface area contributed by atoms with Gasteiger partial charge in [-0.1, -0.05) is 6.07 Å². The number of aryl methyl sites for hydroxylation is 2. The zero-order valence-electron chi connectivity index (χ0n) is 11.0. The van der Waals surface area contributed by atoms with E-state index in [-0.39, 0.29) is 5.69 Å². The molecule has 0 aliphatic carbocycles. The van der Waals surface area contributed by atoms with Gasteiger partial charge < -0.3 is 9.84 Å². The summed E-state index contributed by atoms with van der Waals surface area (Å²) in [4.78, 5) is 18.8. The van der Waals surface area contributed by atoms with Crippen LogP contribution in [0.5, 0.6) is 5.75 Å². The first-order valence-corrected chi connectivity index (χ1v) is 5.74. The molecule has 0 saturated carbocycles. The fourth-order valence-corrected chi connectivity index (χ4v) is 2.03. The van der Waals surface area contributed by atoms with Gasteiger partial charge in [-0.15, -0.1) is 0 Å². The summed E-state index contributed by atoms with van der Waals surface area (Å²) in [5, 5.41) is 8.97. The lowest BCUT2D eigenvalue weighted by molar-refractivity contribution is 0.0690. The number of hydrogen-bond acceptors (Lipinski definition) is 4. The minimum Gasteiger partial charge on any atom is -0.496 e. The second-order valence-corrected chi connectivity index (χ2v) is 4.25. The molecule has 0 amide bonds. The first-order chi connectivity index (χ1) is 9.02. The summed E-state index contributed by atoms with van der Waals surface area (Å²) >= 11 is 0. The Hall–Kier alpha value is -2.43. The molecular formula is C14H14N2O3. The molecule has 1 aromatic heterocycles. The summed E-state index contributed by atoms with van der Waals surface area (Å²) in [6.07, 6.45) is 1.25. The molecule has 5 nitrogen and oxygen atoms in total. The molecule has 0 spiro atoms. The number of aromatic nitrogens is 2. The van der Waals surface area contributed by atoms with Crippen molar-refractivity contribution < 1.29 is 14.6 Å². The second-order valence-electron chi connectivity index (χ2n) is 4.25. The quantitative estimate of drug-likeness (QED) is 0.915. The summed E-state index contributed by atoms with van der Waals surface area (Å²) in [6.45, 7) is 3.91.